The Bertz CT molecular complexity index is 678. The number of fused-ring (bicyclic) bond motifs is 1. The van der Waals surface area contributed by atoms with Crippen LogP contribution in [0.25, 0.3) is 0 Å². The van der Waals surface area contributed by atoms with E-state index in [0.29, 0.717) is 13.1 Å². The van der Waals surface area contributed by atoms with E-state index < -0.39 is 5.97 Å². The van der Waals surface area contributed by atoms with Gasteiger partial charge in [-0.1, -0.05) is 19.1 Å². The molecule has 3 atom stereocenters. The van der Waals surface area contributed by atoms with E-state index in [1.807, 2.05) is 0 Å². The summed E-state index contributed by atoms with van der Waals surface area (Å²) in [6, 6.07) is 0. The summed E-state index contributed by atoms with van der Waals surface area (Å²) in [7, 11) is -0.370. The van der Waals surface area contributed by atoms with Crippen molar-refractivity contribution in [1.82, 2.24) is 15.0 Å². The second-order valence-electron chi connectivity index (χ2n) is 7.93. The van der Waals surface area contributed by atoms with Crippen molar-refractivity contribution in [2.24, 2.45) is 11.3 Å². The molecule has 4 fully saturated rings. The Morgan fingerprint density at radius 2 is 2.25 bits per heavy atom. The largest absolute Gasteiger partial charge is 0.481 e. The lowest BCUT2D eigenvalue weighted by Crippen LogP contribution is -2.73. The second-order valence-corrected chi connectivity index (χ2v) is 7.93. The Labute approximate surface area is 142 Å². The Balaban J connectivity index is 1.49. The minimum atomic E-state index is -0.459. The third-order valence-corrected chi connectivity index (χ3v) is 6.50. The lowest BCUT2D eigenvalue weighted by atomic mass is 9.41. The minimum absolute atomic E-state index is 0.132. The topological polar surface area (TPSA) is 75.5 Å². The summed E-state index contributed by atoms with van der Waals surface area (Å²) < 4.78 is 19.3. The molecule has 8 heteroatoms. The van der Waals surface area contributed by atoms with Crippen molar-refractivity contribution in [3.05, 3.63) is 11.9 Å². The van der Waals surface area contributed by atoms with Gasteiger partial charge < -0.3 is 14.0 Å². The predicted octanol–water partition coefficient (Wildman–Crippen LogP) is 1.87. The van der Waals surface area contributed by atoms with E-state index in [9.17, 15) is 4.79 Å². The molecule has 3 unspecified atom stereocenters. The van der Waals surface area contributed by atoms with Crippen LogP contribution < -0.4 is 0 Å². The van der Waals surface area contributed by atoms with Gasteiger partial charge in [-0.3, -0.25) is 4.68 Å². The molecule has 1 saturated heterocycles. The summed E-state index contributed by atoms with van der Waals surface area (Å²) in [6.45, 7) is 8.84. The fourth-order valence-corrected chi connectivity index (χ4v) is 5.01. The molecule has 3 aliphatic carbocycles. The zero-order chi connectivity index (χ0) is 17.2. The Kier molecular flexibility index (Phi) is 3.38. The van der Waals surface area contributed by atoms with Crippen LogP contribution in [0.15, 0.2) is 6.20 Å². The summed E-state index contributed by atoms with van der Waals surface area (Å²) in [6.07, 6.45) is 5.30. The van der Waals surface area contributed by atoms with Crippen LogP contribution in [-0.4, -0.2) is 45.9 Å². The van der Waals surface area contributed by atoms with Crippen LogP contribution in [0.5, 0.6) is 0 Å². The molecule has 1 aliphatic heterocycles. The normalized spacial score (nSPS) is 36.2. The number of aromatic nitrogens is 3. The van der Waals surface area contributed by atoms with Gasteiger partial charge in [-0.05, 0) is 44.4 Å². The second kappa shape index (κ2) is 5.05. The highest BCUT2D eigenvalue weighted by Crippen LogP contribution is 2.70. The van der Waals surface area contributed by atoms with Crippen molar-refractivity contribution >= 4 is 13.1 Å². The standard InChI is InChI=1S/C16H24BN3O4/c1-5-22-13(21)12-9-20(19-18-12)10-17-23-15(4)7-6-11-8-16(15,24-17)14(11,2)3/h9,11H,5-8,10H2,1-4H3. The van der Waals surface area contributed by atoms with E-state index in [1.54, 1.807) is 17.8 Å². The molecule has 130 valence electrons. The summed E-state index contributed by atoms with van der Waals surface area (Å²) in [5, 5.41) is 7.87. The highest BCUT2D eigenvalue weighted by molar-refractivity contribution is 6.44. The number of ether oxygens (including phenoxy) is 1. The molecule has 1 aromatic rings. The molecular weight excluding hydrogens is 309 g/mol. The van der Waals surface area contributed by atoms with Gasteiger partial charge in [0.25, 0.3) is 0 Å². The summed E-state index contributed by atoms with van der Waals surface area (Å²) >= 11 is 0. The number of rotatable bonds is 4. The predicted molar refractivity (Wildman–Crippen MR) is 86.2 cm³/mol. The van der Waals surface area contributed by atoms with Crippen LogP contribution in [0, 0.1) is 11.3 Å². The maximum Gasteiger partial charge on any atom is 0.481 e. The van der Waals surface area contributed by atoms with E-state index in [1.165, 1.54) is 6.42 Å². The molecule has 0 radical (unpaired) electrons. The van der Waals surface area contributed by atoms with Crippen molar-refractivity contribution in [2.45, 2.75) is 64.6 Å². The fraction of sp³-hybridized carbons (Fsp3) is 0.812. The number of carbonyl (C=O) groups excluding carboxylic acids is 1. The van der Waals surface area contributed by atoms with Crippen LogP contribution in [0.4, 0.5) is 0 Å². The quantitative estimate of drug-likeness (QED) is 0.618. The van der Waals surface area contributed by atoms with Gasteiger partial charge in [0, 0.05) is 0 Å². The summed E-state index contributed by atoms with van der Waals surface area (Å²) in [5.41, 5.74) is -0.119. The number of esters is 1. The van der Waals surface area contributed by atoms with E-state index >= 15 is 0 Å². The molecular formula is C16H24BN3O4. The third-order valence-electron chi connectivity index (χ3n) is 6.50. The average Bonchev–Trinajstić information content (AvgIpc) is 3.10. The molecule has 5 rings (SSSR count). The van der Waals surface area contributed by atoms with Crippen LogP contribution >= 0.6 is 0 Å². The number of nitrogens with zero attached hydrogens (tertiary/aromatic N) is 3. The molecule has 2 bridgehead atoms. The van der Waals surface area contributed by atoms with Gasteiger partial charge in [0.1, 0.15) is 0 Å². The lowest BCUT2D eigenvalue weighted by molar-refractivity contribution is -0.257. The molecule has 0 amide bonds. The molecule has 0 aromatic carbocycles. The van der Waals surface area contributed by atoms with Crippen LogP contribution in [0.3, 0.4) is 0 Å². The Morgan fingerprint density at radius 1 is 1.46 bits per heavy atom. The Morgan fingerprint density at radius 3 is 2.92 bits per heavy atom. The fourth-order valence-electron chi connectivity index (χ4n) is 5.01. The van der Waals surface area contributed by atoms with Gasteiger partial charge in [-0.2, -0.15) is 0 Å². The Hall–Kier alpha value is -1.41. The van der Waals surface area contributed by atoms with Gasteiger partial charge in [-0.15, -0.1) is 5.10 Å². The number of carbonyl (C=O) groups is 1. The van der Waals surface area contributed by atoms with Gasteiger partial charge in [-0.25, -0.2) is 4.79 Å². The molecule has 24 heavy (non-hydrogen) atoms. The lowest BCUT2D eigenvalue weighted by Gasteiger charge is -2.69. The molecule has 1 aromatic heterocycles. The van der Waals surface area contributed by atoms with E-state index in [0.717, 1.165) is 18.8 Å². The summed E-state index contributed by atoms with van der Waals surface area (Å²) in [5.74, 6) is 0.258. The van der Waals surface area contributed by atoms with E-state index in [2.05, 4.69) is 31.1 Å². The van der Waals surface area contributed by atoms with Crippen molar-refractivity contribution in [1.29, 1.82) is 0 Å². The molecule has 7 nitrogen and oxygen atoms in total. The number of hydrogen-bond donors (Lipinski definition) is 0. The third kappa shape index (κ3) is 1.96. The van der Waals surface area contributed by atoms with Crippen LogP contribution in [-0.2, 0) is 20.5 Å². The summed E-state index contributed by atoms with van der Waals surface area (Å²) in [4.78, 5) is 11.7. The maximum absolute atomic E-state index is 11.7. The first-order valence-corrected chi connectivity index (χ1v) is 8.74. The van der Waals surface area contributed by atoms with Gasteiger partial charge in [0.2, 0.25) is 0 Å². The zero-order valence-corrected chi connectivity index (χ0v) is 14.7. The van der Waals surface area contributed by atoms with Crippen molar-refractivity contribution in [2.75, 3.05) is 6.61 Å². The smallest absolute Gasteiger partial charge is 0.461 e. The highest BCUT2D eigenvalue weighted by atomic mass is 16.7. The first kappa shape index (κ1) is 16.1. The van der Waals surface area contributed by atoms with E-state index in [-0.39, 0.29) is 29.4 Å². The average molecular weight is 333 g/mol. The maximum atomic E-state index is 11.7. The molecule has 1 spiro atoms. The van der Waals surface area contributed by atoms with Gasteiger partial charge in [0.15, 0.2) is 5.69 Å². The van der Waals surface area contributed by atoms with Gasteiger partial charge in [0.05, 0.1) is 30.4 Å². The molecule has 4 aliphatic rings. The molecule has 0 N–H and O–H groups in total. The first-order chi connectivity index (χ1) is 11.3. The number of hydrogen-bond acceptors (Lipinski definition) is 6. The van der Waals surface area contributed by atoms with Crippen molar-refractivity contribution < 1.29 is 18.8 Å². The highest BCUT2D eigenvalue weighted by Gasteiger charge is 2.76. The van der Waals surface area contributed by atoms with Crippen molar-refractivity contribution in [3.8, 4) is 0 Å². The minimum Gasteiger partial charge on any atom is -0.461 e. The van der Waals surface area contributed by atoms with Gasteiger partial charge >= 0.3 is 13.1 Å². The monoisotopic (exact) mass is 333 g/mol. The van der Waals surface area contributed by atoms with E-state index in [4.69, 9.17) is 14.0 Å². The molecule has 2 heterocycles. The van der Waals surface area contributed by atoms with Crippen LogP contribution in [0.2, 0.25) is 0 Å². The van der Waals surface area contributed by atoms with Crippen LogP contribution in [0.1, 0.15) is 57.4 Å². The SMILES string of the molecule is CCOC(=O)c1cn(CB2OC3(C)CCC4CC3(O2)C4(C)C)nn1. The molecule has 3 saturated carbocycles. The zero-order valence-electron chi connectivity index (χ0n) is 14.7. The van der Waals surface area contributed by atoms with Crippen molar-refractivity contribution in [3.63, 3.8) is 0 Å². The first-order valence-electron chi connectivity index (χ1n) is 8.74.